The highest BCUT2D eigenvalue weighted by atomic mass is 16.5. The summed E-state index contributed by atoms with van der Waals surface area (Å²) >= 11 is 0. The molecule has 1 atom stereocenters. The molecule has 1 spiro atoms. The number of rotatable bonds is 4. The molecule has 50 heavy (non-hydrogen) atoms. The van der Waals surface area contributed by atoms with E-state index in [4.69, 9.17) is 9.73 Å². The minimum Gasteiger partial charge on any atom is -0.457 e. The fourth-order valence-electron chi connectivity index (χ4n) is 8.13. The summed E-state index contributed by atoms with van der Waals surface area (Å²) in [5.74, 6) is 1.81. The zero-order chi connectivity index (χ0) is 33.1. The molecule has 7 aromatic rings. The van der Waals surface area contributed by atoms with Crippen molar-refractivity contribution in [3.8, 4) is 33.8 Å². The van der Waals surface area contributed by atoms with Gasteiger partial charge in [-0.05, 0) is 74.3 Å². The average molecular weight is 641 g/mol. The van der Waals surface area contributed by atoms with Crippen molar-refractivity contribution in [1.29, 1.82) is 0 Å². The Hall–Kier alpha value is -6.45. The molecule has 1 unspecified atom stereocenters. The van der Waals surface area contributed by atoms with Gasteiger partial charge in [0.25, 0.3) is 0 Å². The van der Waals surface area contributed by atoms with Crippen LogP contribution in [0.15, 0.2) is 187 Å². The van der Waals surface area contributed by atoms with Crippen LogP contribution in [-0.2, 0) is 5.41 Å². The second-order valence-corrected chi connectivity index (χ2v) is 13.1. The smallest absolute Gasteiger partial charge is 0.145 e. The molecule has 236 valence electrons. The van der Waals surface area contributed by atoms with E-state index in [0.717, 1.165) is 45.2 Å². The lowest BCUT2D eigenvalue weighted by molar-refractivity contribution is 0.436. The van der Waals surface area contributed by atoms with E-state index in [0.29, 0.717) is 0 Å². The Balaban J connectivity index is 1.08. The van der Waals surface area contributed by atoms with Crippen LogP contribution >= 0.6 is 0 Å². The Kier molecular flexibility index (Phi) is 6.47. The summed E-state index contributed by atoms with van der Waals surface area (Å²) in [6, 6.07) is 62.7. The molecule has 0 saturated carbocycles. The molecule has 2 heterocycles. The highest BCUT2D eigenvalue weighted by molar-refractivity contribution is 6.13. The maximum absolute atomic E-state index is 6.53. The Morgan fingerprint density at radius 3 is 1.72 bits per heavy atom. The van der Waals surface area contributed by atoms with Crippen molar-refractivity contribution in [2.45, 2.75) is 11.6 Å². The molecular formula is C47H32N2O. The summed E-state index contributed by atoms with van der Waals surface area (Å²) in [6.07, 6.45) is 1.94. The van der Waals surface area contributed by atoms with Crippen molar-refractivity contribution in [2.75, 3.05) is 0 Å². The van der Waals surface area contributed by atoms with Gasteiger partial charge in [-0.15, -0.1) is 0 Å². The monoisotopic (exact) mass is 640 g/mol. The molecular weight excluding hydrogens is 609 g/mol. The Labute approximate surface area is 291 Å². The molecule has 0 radical (unpaired) electrons. The molecule has 0 amide bonds. The van der Waals surface area contributed by atoms with Gasteiger partial charge in [0.1, 0.15) is 17.7 Å². The van der Waals surface area contributed by atoms with E-state index in [9.17, 15) is 0 Å². The number of allylic oxidation sites excluding steroid dienone is 1. The standard InChI is InChI=1S/C47H32N2O/c1-3-13-32(14-4-1)42-30-43(33-15-5-2-6-16-33)49-46(48-42)34-25-23-31(24-26-34)35-27-28-37-36-17-7-8-18-38(36)47(41(37)29-35)39-19-9-11-21-44(39)50-45-22-12-10-20-40(45)47/h1-30,46,48H. The molecule has 3 heteroatoms. The van der Waals surface area contributed by atoms with E-state index in [2.05, 4.69) is 175 Å². The number of hydrogen-bond acceptors (Lipinski definition) is 3. The van der Waals surface area contributed by atoms with Gasteiger partial charge in [-0.1, -0.05) is 158 Å². The lowest BCUT2D eigenvalue weighted by Crippen LogP contribution is -2.32. The number of ether oxygens (including phenoxy) is 1. The fourth-order valence-corrected chi connectivity index (χ4v) is 8.13. The Morgan fingerprint density at radius 2 is 1.02 bits per heavy atom. The van der Waals surface area contributed by atoms with Crippen LogP contribution in [0.3, 0.4) is 0 Å². The average Bonchev–Trinajstić information content (AvgIpc) is 3.48. The molecule has 3 nitrogen and oxygen atoms in total. The first-order valence-corrected chi connectivity index (χ1v) is 17.2. The molecule has 0 bridgehead atoms. The molecule has 0 saturated heterocycles. The topological polar surface area (TPSA) is 33.6 Å². The normalized spacial score (nSPS) is 16.1. The maximum atomic E-state index is 6.53. The van der Waals surface area contributed by atoms with Crippen LogP contribution < -0.4 is 10.1 Å². The molecule has 1 aliphatic carbocycles. The van der Waals surface area contributed by atoms with Gasteiger partial charge >= 0.3 is 0 Å². The lowest BCUT2D eigenvalue weighted by Gasteiger charge is -2.39. The number of hydrogen-bond donors (Lipinski definition) is 1. The van der Waals surface area contributed by atoms with E-state index >= 15 is 0 Å². The predicted molar refractivity (Wildman–Crippen MR) is 203 cm³/mol. The van der Waals surface area contributed by atoms with Gasteiger partial charge in [-0.25, -0.2) is 0 Å². The molecule has 2 aliphatic heterocycles. The molecule has 10 rings (SSSR count). The van der Waals surface area contributed by atoms with Crippen LogP contribution in [0, 0.1) is 0 Å². The number of para-hydroxylation sites is 2. The van der Waals surface area contributed by atoms with Gasteiger partial charge in [0, 0.05) is 16.8 Å². The zero-order valence-electron chi connectivity index (χ0n) is 27.3. The van der Waals surface area contributed by atoms with Crippen molar-refractivity contribution in [3.63, 3.8) is 0 Å². The third-order valence-electron chi connectivity index (χ3n) is 10.4. The minimum atomic E-state index is -0.484. The summed E-state index contributed by atoms with van der Waals surface area (Å²) < 4.78 is 6.53. The Morgan fingerprint density at radius 1 is 0.460 bits per heavy atom. The largest absolute Gasteiger partial charge is 0.457 e. The summed E-state index contributed by atoms with van der Waals surface area (Å²) in [5.41, 5.74) is 14.7. The number of nitrogens with zero attached hydrogens (tertiary/aromatic N) is 1. The van der Waals surface area contributed by atoms with E-state index < -0.39 is 5.41 Å². The van der Waals surface area contributed by atoms with Gasteiger partial charge < -0.3 is 10.1 Å². The summed E-state index contributed by atoms with van der Waals surface area (Å²) in [7, 11) is 0. The number of aliphatic imine (C=N–C) groups is 1. The van der Waals surface area contributed by atoms with Crippen LogP contribution in [-0.4, -0.2) is 5.71 Å². The fraction of sp³-hybridized carbons (Fsp3) is 0.0426. The van der Waals surface area contributed by atoms with Crippen molar-refractivity contribution >= 4 is 11.4 Å². The van der Waals surface area contributed by atoms with Crippen LogP contribution in [0.1, 0.15) is 45.1 Å². The maximum Gasteiger partial charge on any atom is 0.145 e. The highest BCUT2D eigenvalue weighted by Crippen LogP contribution is 2.62. The lowest BCUT2D eigenvalue weighted by atomic mass is 9.66. The molecule has 7 aromatic carbocycles. The number of benzene rings is 7. The van der Waals surface area contributed by atoms with Crippen molar-refractivity contribution in [1.82, 2.24) is 5.32 Å². The first-order chi connectivity index (χ1) is 24.8. The SMILES string of the molecule is C1=C(c2ccccc2)NC(c2ccc(-c3ccc4c(c3)C3(c5ccccc5Oc5ccccc53)c3ccccc3-4)cc2)N=C1c1ccccc1. The first kappa shape index (κ1) is 28.6. The van der Waals surface area contributed by atoms with Gasteiger partial charge in [0.15, 0.2) is 0 Å². The predicted octanol–water partition coefficient (Wildman–Crippen LogP) is 11.0. The molecule has 0 aromatic heterocycles. The Bertz CT molecular complexity index is 2430. The van der Waals surface area contributed by atoms with E-state index in [1.54, 1.807) is 0 Å². The summed E-state index contributed by atoms with van der Waals surface area (Å²) in [5, 5.41) is 3.71. The minimum absolute atomic E-state index is 0.215. The quantitative estimate of drug-likeness (QED) is 0.208. The third kappa shape index (κ3) is 4.33. The summed E-state index contributed by atoms with van der Waals surface area (Å²) in [4.78, 5) is 5.19. The van der Waals surface area contributed by atoms with E-state index in [-0.39, 0.29) is 6.17 Å². The third-order valence-corrected chi connectivity index (χ3v) is 10.4. The molecule has 1 N–H and O–H groups in total. The van der Waals surface area contributed by atoms with Crippen molar-refractivity contribution in [3.05, 3.63) is 221 Å². The van der Waals surface area contributed by atoms with Crippen LogP contribution in [0.2, 0.25) is 0 Å². The van der Waals surface area contributed by atoms with E-state index in [1.165, 1.54) is 38.9 Å². The first-order valence-electron chi connectivity index (χ1n) is 17.2. The van der Waals surface area contributed by atoms with Gasteiger partial charge in [-0.3, -0.25) is 4.99 Å². The van der Waals surface area contributed by atoms with Crippen LogP contribution in [0.5, 0.6) is 11.5 Å². The number of fused-ring (bicyclic) bond motifs is 9. The highest BCUT2D eigenvalue weighted by Gasteiger charge is 2.51. The van der Waals surface area contributed by atoms with Gasteiger partial charge in [0.2, 0.25) is 0 Å². The van der Waals surface area contributed by atoms with Crippen LogP contribution in [0.25, 0.3) is 28.0 Å². The van der Waals surface area contributed by atoms with Crippen molar-refractivity contribution in [2.24, 2.45) is 4.99 Å². The van der Waals surface area contributed by atoms with Crippen molar-refractivity contribution < 1.29 is 4.74 Å². The van der Waals surface area contributed by atoms with Gasteiger partial charge in [0.05, 0.1) is 11.1 Å². The second-order valence-electron chi connectivity index (χ2n) is 13.1. The summed E-state index contributed by atoms with van der Waals surface area (Å²) in [6.45, 7) is 0. The van der Waals surface area contributed by atoms with Crippen LogP contribution in [0.4, 0.5) is 0 Å². The second kappa shape index (κ2) is 11.3. The number of nitrogens with one attached hydrogen (secondary N) is 1. The zero-order valence-corrected chi connectivity index (χ0v) is 27.3. The molecule has 0 fully saturated rings. The molecule has 3 aliphatic rings. The van der Waals surface area contributed by atoms with Gasteiger partial charge in [-0.2, -0.15) is 0 Å². The van der Waals surface area contributed by atoms with E-state index in [1.807, 2.05) is 12.1 Å².